The predicted molar refractivity (Wildman–Crippen MR) is 144 cm³/mol. The van der Waals surface area contributed by atoms with Gasteiger partial charge in [0.05, 0.1) is 36.6 Å². The Morgan fingerprint density at radius 3 is 2.28 bits per heavy atom. The molecule has 0 radical (unpaired) electrons. The fourth-order valence-corrected chi connectivity index (χ4v) is 5.48. The predicted octanol–water partition coefficient (Wildman–Crippen LogP) is 7.45. The van der Waals surface area contributed by atoms with Crippen LogP contribution in [0, 0.1) is 5.92 Å². The molecule has 7 heteroatoms. The molecule has 0 bridgehead atoms. The lowest BCUT2D eigenvalue weighted by Crippen LogP contribution is -2.32. The van der Waals surface area contributed by atoms with Crippen LogP contribution < -0.4 is 9.47 Å². The van der Waals surface area contributed by atoms with E-state index in [-0.39, 0.29) is 17.9 Å². The Kier molecular flexibility index (Phi) is 7.04. The largest absolute Gasteiger partial charge is 0.497 e. The zero-order chi connectivity index (χ0) is 25.2. The molecule has 0 unspecified atom stereocenters. The van der Waals surface area contributed by atoms with Gasteiger partial charge in [-0.15, -0.1) is 0 Å². The number of rotatable bonds is 5. The molecule has 0 aromatic heterocycles. The molecule has 1 fully saturated rings. The maximum absolute atomic E-state index is 13.8. The van der Waals surface area contributed by atoms with Gasteiger partial charge in [0, 0.05) is 10.9 Å². The smallest absolute Gasteiger partial charge is 0.276 e. The first-order valence-electron chi connectivity index (χ1n) is 11.8. The average Bonchev–Trinajstić information content (AvgIpc) is 3.29. The van der Waals surface area contributed by atoms with Gasteiger partial charge in [-0.05, 0) is 84.5 Å². The molecule has 1 aliphatic heterocycles. The van der Waals surface area contributed by atoms with Crippen molar-refractivity contribution in [2.24, 2.45) is 11.0 Å². The molecule has 2 aliphatic rings. The van der Waals surface area contributed by atoms with E-state index in [4.69, 9.17) is 37.8 Å². The molecule has 1 saturated carbocycles. The topological polar surface area (TPSA) is 51.1 Å². The second-order valence-corrected chi connectivity index (χ2v) is 9.76. The number of hydrogen-bond donors (Lipinski definition) is 0. The summed E-state index contributed by atoms with van der Waals surface area (Å²) in [5, 5.41) is 7.34. The quantitative estimate of drug-likeness (QED) is 0.351. The summed E-state index contributed by atoms with van der Waals surface area (Å²) < 4.78 is 10.6. The molecule has 1 aliphatic carbocycles. The maximum atomic E-state index is 13.8. The second-order valence-electron chi connectivity index (χ2n) is 8.92. The minimum atomic E-state index is -0.247. The summed E-state index contributed by atoms with van der Waals surface area (Å²) >= 11 is 12.5. The van der Waals surface area contributed by atoms with Crippen LogP contribution in [0.2, 0.25) is 10.0 Å². The van der Waals surface area contributed by atoms with Crippen LogP contribution >= 0.6 is 23.2 Å². The van der Waals surface area contributed by atoms with Gasteiger partial charge >= 0.3 is 0 Å². The second kappa shape index (κ2) is 10.4. The number of carbonyl (C=O) groups is 1. The van der Waals surface area contributed by atoms with Crippen LogP contribution in [0.25, 0.3) is 6.08 Å². The molecule has 1 amide bonds. The Balaban J connectivity index is 1.57. The van der Waals surface area contributed by atoms with Crippen molar-refractivity contribution in [3.63, 3.8) is 0 Å². The van der Waals surface area contributed by atoms with Crippen molar-refractivity contribution < 1.29 is 14.3 Å². The van der Waals surface area contributed by atoms with Crippen LogP contribution in [0.15, 0.2) is 77.4 Å². The average molecular weight is 521 g/mol. The van der Waals surface area contributed by atoms with Crippen molar-refractivity contribution in [2.45, 2.75) is 25.3 Å². The highest BCUT2D eigenvalue weighted by Gasteiger charge is 2.44. The zero-order valence-corrected chi connectivity index (χ0v) is 21.6. The Bertz CT molecular complexity index is 1330. The molecule has 184 valence electrons. The first-order valence-corrected chi connectivity index (χ1v) is 12.6. The van der Waals surface area contributed by atoms with Gasteiger partial charge in [0.1, 0.15) is 11.5 Å². The lowest BCUT2D eigenvalue weighted by atomic mass is 9.77. The molecule has 0 saturated heterocycles. The van der Waals surface area contributed by atoms with Crippen LogP contribution in [0.4, 0.5) is 0 Å². The molecule has 5 nitrogen and oxygen atoms in total. The fourth-order valence-electron chi connectivity index (χ4n) is 4.99. The molecule has 1 heterocycles. The van der Waals surface area contributed by atoms with Crippen molar-refractivity contribution in [2.75, 3.05) is 14.2 Å². The summed E-state index contributed by atoms with van der Waals surface area (Å²) in [7, 11) is 3.30. The minimum absolute atomic E-state index is 0.0756. The molecular formula is C29H26Cl2N2O3. The lowest BCUT2D eigenvalue weighted by Gasteiger charge is -2.30. The number of amides is 1. The van der Waals surface area contributed by atoms with E-state index >= 15 is 0 Å². The molecule has 3 aromatic carbocycles. The number of halogens is 2. The van der Waals surface area contributed by atoms with Gasteiger partial charge < -0.3 is 9.47 Å². The van der Waals surface area contributed by atoms with E-state index in [1.54, 1.807) is 37.4 Å². The van der Waals surface area contributed by atoms with E-state index < -0.39 is 0 Å². The number of hydrogen-bond acceptors (Lipinski definition) is 4. The third-order valence-electron chi connectivity index (χ3n) is 6.79. The monoisotopic (exact) mass is 520 g/mol. The molecule has 5 rings (SSSR count). The van der Waals surface area contributed by atoms with E-state index in [9.17, 15) is 4.79 Å². The van der Waals surface area contributed by atoms with Crippen LogP contribution in [0.3, 0.4) is 0 Å². The molecule has 3 aromatic rings. The van der Waals surface area contributed by atoms with Gasteiger partial charge in [-0.3, -0.25) is 4.79 Å². The van der Waals surface area contributed by atoms with Crippen LogP contribution in [0.5, 0.6) is 11.5 Å². The van der Waals surface area contributed by atoms with Crippen molar-refractivity contribution in [1.29, 1.82) is 0 Å². The van der Waals surface area contributed by atoms with Crippen LogP contribution in [-0.4, -0.2) is 30.8 Å². The van der Waals surface area contributed by atoms with E-state index in [1.165, 1.54) is 0 Å². The number of hydrazone groups is 1. The van der Waals surface area contributed by atoms with Gasteiger partial charge in [0.15, 0.2) is 0 Å². The van der Waals surface area contributed by atoms with Gasteiger partial charge in [0.25, 0.3) is 5.91 Å². The standard InChI is InChI=1S/C29H26Cl2N2O3/c1-35-22-11-6-18(7-12-22)16-20-4-3-5-25-27(20)32-33(28(25)19-8-13-23(36-2)14-9-19)29(34)24-15-10-21(30)17-26(24)31/h6-17,25,28H,3-5H2,1-2H3/b20-16-/t25-,28-/m1/s1. The summed E-state index contributed by atoms with van der Waals surface area (Å²) in [5.41, 5.74) is 4.55. The third-order valence-corrected chi connectivity index (χ3v) is 7.33. The van der Waals surface area contributed by atoms with Crippen LogP contribution in [-0.2, 0) is 0 Å². The number of fused-ring (bicyclic) bond motifs is 1. The van der Waals surface area contributed by atoms with Gasteiger partial charge in [0.2, 0.25) is 0 Å². The Morgan fingerprint density at radius 1 is 0.972 bits per heavy atom. The number of ether oxygens (including phenoxy) is 2. The Morgan fingerprint density at radius 2 is 1.64 bits per heavy atom. The number of carbonyl (C=O) groups excluding carboxylic acids is 1. The Labute approximate surface area is 220 Å². The number of nitrogens with zero attached hydrogens (tertiary/aromatic N) is 2. The van der Waals surface area contributed by atoms with Gasteiger partial charge in [-0.2, -0.15) is 5.10 Å². The first kappa shape index (κ1) is 24.4. The maximum Gasteiger partial charge on any atom is 0.276 e. The van der Waals surface area contributed by atoms with E-state index in [1.807, 2.05) is 48.5 Å². The van der Waals surface area contributed by atoms with E-state index in [0.29, 0.717) is 15.6 Å². The summed E-state index contributed by atoms with van der Waals surface area (Å²) in [6.07, 6.45) is 5.02. The Hall–Kier alpha value is -3.28. The molecular weight excluding hydrogens is 495 g/mol. The number of benzene rings is 3. The molecule has 36 heavy (non-hydrogen) atoms. The summed E-state index contributed by atoms with van der Waals surface area (Å²) in [6.45, 7) is 0. The highest BCUT2D eigenvalue weighted by Crippen LogP contribution is 2.45. The normalized spacial score (nSPS) is 20.2. The van der Waals surface area contributed by atoms with Gasteiger partial charge in [-0.1, -0.05) is 47.5 Å². The number of methoxy groups -OCH3 is 2. The van der Waals surface area contributed by atoms with Crippen molar-refractivity contribution in [1.82, 2.24) is 5.01 Å². The molecule has 0 spiro atoms. The van der Waals surface area contributed by atoms with Crippen molar-refractivity contribution in [3.05, 3.63) is 99.0 Å². The SMILES string of the molecule is COc1ccc(/C=C2/CCC[C@@H]3C2=NN(C(=O)c2ccc(Cl)cc2Cl)[C@@H]3c2ccc(OC)cc2)cc1. The number of allylic oxidation sites excluding steroid dienone is 1. The molecule has 0 N–H and O–H groups in total. The highest BCUT2D eigenvalue weighted by molar-refractivity contribution is 6.36. The fraction of sp³-hybridized carbons (Fsp3) is 0.241. The van der Waals surface area contributed by atoms with Gasteiger partial charge in [-0.25, -0.2) is 5.01 Å². The minimum Gasteiger partial charge on any atom is -0.497 e. The summed E-state index contributed by atoms with van der Waals surface area (Å²) in [4.78, 5) is 13.8. The molecule has 2 atom stereocenters. The zero-order valence-electron chi connectivity index (χ0n) is 20.1. The summed E-state index contributed by atoms with van der Waals surface area (Å²) in [6, 6.07) is 20.5. The van der Waals surface area contributed by atoms with E-state index in [2.05, 4.69) is 6.08 Å². The van der Waals surface area contributed by atoms with Crippen molar-refractivity contribution in [3.8, 4) is 11.5 Å². The third kappa shape index (κ3) is 4.73. The first-order chi connectivity index (χ1) is 17.5. The summed E-state index contributed by atoms with van der Waals surface area (Å²) in [5.74, 6) is 1.41. The van der Waals surface area contributed by atoms with Crippen LogP contribution in [0.1, 0.15) is 46.8 Å². The van der Waals surface area contributed by atoms with Crippen molar-refractivity contribution >= 4 is 40.9 Å². The van der Waals surface area contributed by atoms with E-state index in [0.717, 1.165) is 53.2 Å². The highest BCUT2D eigenvalue weighted by atomic mass is 35.5. The lowest BCUT2D eigenvalue weighted by molar-refractivity contribution is 0.0681.